The molecule has 1 amide bonds. The predicted molar refractivity (Wildman–Crippen MR) is 85.6 cm³/mol. The van der Waals surface area contributed by atoms with Gasteiger partial charge >= 0.3 is 0 Å². The smallest absolute Gasteiger partial charge is 0.217 e. The Kier molecular flexibility index (Phi) is 8.38. The van der Waals surface area contributed by atoms with Crippen molar-refractivity contribution in [3.8, 4) is 0 Å². The first-order valence-electron chi connectivity index (χ1n) is 7.76. The Labute approximate surface area is 136 Å². The van der Waals surface area contributed by atoms with Gasteiger partial charge in [-0.3, -0.25) is 4.79 Å². The summed E-state index contributed by atoms with van der Waals surface area (Å²) in [6.45, 7) is 4.83. The minimum Gasteiger partial charge on any atom is -0.388 e. The molecule has 0 aromatic rings. The van der Waals surface area contributed by atoms with Crippen molar-refractivity contribution in [3.05, 3.63) is 0 Å². The number of rotatable bonds is 8. The van der Waals surface area contributed by atoms with Crippen LogP contribution < -0.4 is 5.32 Å². The van der Waals surface area contributed by atoms with Crippen molar-refractivity contribution in [2.75, 3.05) is 5.75 Å². The molecule has 0 radical (unpaired) electrons. The number of thioether (sulfide) groups is 1. The molecule has 0 spiro atoms. The van der Waals surface area contributed by atoms with Crippen molar-refractivity contribution in [1.29, 1.82) is 0 Å². The molecule has 7 heteroatoms. The van der Waals surface area contributed by atoms with Crippen molar-refractivity contribution in [2.45, 2.75) is 76.2 Å². The van der Waals surface area contributed by atoms with Gasteiger partial charge in [-0.2, -0.15) is 0 Å². The standard InChI is InChI=1S/C15H27NO5S/c1-4-11-13(19)14(20)12(16-10(3)18)15(21-11)22-8-6-5-7-9(2)17/h11-15,19-20H,4-8H2,1-3H3,(H,16,18). The number of unbranched alkanes of at least 4 members (excludes halogenated alkanes) is 1. The molecule has 5 unspecified atom stereocenters. The fourth-order valence-electron chi connectivity index (χ4n) is 2.48. The van der Waals surface area contributed by atoms with Gasteiger partial charge in [-0.05, 0) is 31.9 Å². The molecule has 5 atom stereocenters. The molecule has 22 heavy (non-hydrogen) atoms. The monoisotopic (exact) mass is 333 g/mol. The van der Waals surface area contributed by atoms with E-state index in [1.54, 1.807) is 6.92 Å². The first-order chi connectivity index (χ1) is 10.4. The van der Waals surface area contributed by atoms with Gasteiger partial charge in [-0.25, -0.2) is 0 Å². The lowest BCUT2D eigenvalue weighted by Gasteiger charge is -2.42. The minimum absolute atomic E-state index is 0.180. The Hall–Kier alpha value is -0.630. The number of nitrogens with one attached hydrogen (secondary N) is 1. The highest BCUT2D eigenvalue weighted by molar-refractivity contribution is 7.99. The van der Waals surface area contributed by atoms with E-state index >= 15 is 0 Å². The first-order valence-corrected chi connectivity index (χ1v) is 8.81. The summed E-state index contributed by atoms with van der Waals surface area (Å²) in [5.41, 5.74) is -0.399. The average Bonchev–Trinajstić information content (AvgIpc) is 2.45. The van der Waals surface area contributed by atoms with Crippen molar-refractivity contribution in [3.63, 3.8) is 0 Å². The third kappa shape index (κ3) is 5.87. The Balaban J connectivity index is 2.57. The van der Waals surface area contributed by atoms with E-state index in [9.17, 15) is 19.8 Å². The van der Waals surface area contributed by atoms with Crippen molar-refractivity contribution >= 4 is 23.5 Å². The van der Waals surface area contributed by atoms with Crippen LogP contribution in [0.2, 0.25) is 0 Å². The zero-order valence-corrected chi connectivity index (χ0v) is 14.3. The zero-order chi connectivity index (χ0) is 16.7. The number of hydrogen-bond donors (Lipinski definition) is 3. The second kappa shape index (κ2) is 9.50. The van der Waals surface area contributed by atoms with Gasteiger partial charge in [0.25, 0.3) is 0 Å². The van der Waals surface area contributed by atoms with Gasteiger partial charge in [0.2, 0.25) is 5.91 Å². The second-order valence-corrected chi connectivity index (χ2v) is 6.89. The van der Waals surface area contributed by atoms with E-state index in [-0.39, 0.29) is 11.7 Å². The first kappa shape index (κ1) is 19.4. The SMILES string of the molecule is CCC1OC(SCCCCC(C)=O)C(NC(C)=O)C(O)C1O. The van der Waals surface area contributed by atoms with Gasteiger partial charge in [0.15, 0.2) is 0 Å². The zero-order valence-electron chi connectivity index (χ0n) is 13.4. The third-order valence-electron chi connectivity index (χ3n) is 3.68. The lowest BCUT2D eigenvalue weighted by atomic mass is 9.96. The highest BCUT2D eigenvalue weighted by Crippen LogP contribution is 2.30. The van der Waals surface area contributed by atoms with Crippen LogP contribution in [0, 0.1) is 0 Å². The molecular weight excluding hydrogens is 306 g/mol. The van der Waals surface area contributed by atoms with E-state index in [0.717, 1.165) is 18.6 Å². The second-order valence-electron chi connectivity index (χ2n) is 5.69. The Morgan fingerprint density at radius 2 is 1.86 bits per heavy atom. The van der Waals surface area contributed by atoms with Crippen LogP contribution in [0.1, 0.15) is 46.5 Å². The topological polar surface area (TPSA) is 95.9 Å². The van der Waals surface area contributed by atoms with Crippen LogP contribution in [0.4, 0.5) is 0 Å². The number of amides is 1. The van der Waals surface area contributed by atoms with Crippen LogP contribution in [0.3, 0.4) is 0 Å². The van der Waals surface area contributed by atoms with Crippen molar-refractivity contribution in [2.24, 2.45) is 0 Å². The number of Topliss-reactive ketones (excluding diaryl/α,β-unsaturated/α-hetero) is 1. The molecule has 1 heterocycles. The molecule has 1 saturated heterocycles. The van der Waals surface area contributed by atoms with Crippen LogP contribution in [0.5, 0.6) is 0 Å². The molecule has 128 valence electrons. The lowest BCUT2D eigenvalue weighted by Crippen LogP contribution is -2.62. The van der Waals surface area contributed by atoms with E-state index < -0.39 is 29.8 Å². The summed E-state index contributed by atoms with van der Waals surface area (Å²) in [5.74, 6) is 0.685. The van der Waals surface area contributed by atoms with Gasteiger partial charge < -0.3 is 25.1 Å². The number of aliphatic hydroxyl groups excluding tert-OH is 2. The van der Waals surface area contributed by atoms with E-state index in [2.05, 4.69) is 5.32 Å². The fraction of sp³-hybridized carbons (Fsp3) is 0.867. The summed E-state index contributed by atoms with van der Waals surface area (Å²) in [4.78, 5) is 22.2. The highest BCUT2D eigenvalue weighted by Gasteiger charge is 2.44. The van der Waals surface area contributed by atoms with Crippen LogP contribution >= 0.6 is 11.8 Å². The summed E-state index contributed by atoms with van der Waals surface area (Å²) in [7, 11) is 0. The van der Waals surface area contributed by atoms with Gasteiger partial charge in [0, 0.05) is 13.3 Å². The van der Waals surface area contributed by atoms with Crippen molar-refractivity contribution in [1.82, 2.24) is 5.32 Å². The van der Waals surface area contributed by atoms with Gasteiger partial charge in [0.1, 0.15) is 23.4 Å². The molecule has 3 N–H and O–H groups in total. The quantitative estimate of drug-likeness (QED) is 0.570. The van der Waals surface area contributed by atoms with Crippen LogP contribution in [-0.2, 0) is 14.3 Å². The summed E-state index contributed by atoms with van der Waals surface area (Å²) in [6.07, 6.45) is 0.365. The predicted octanol–water partition coefficient (Wildman–Crippen LogP) is 0.840. The van der Waals surface area contributed by atoms with E-state index in [1.165, 1.54) is 18.7 Å². The molecule has 6 nitrogen and oxygen atoms in total. The highest BCUT2D eigenvalue weighted by atomic mass is 32.2. The lowest BCUT2D eigenvalue weighted by molar-refractivity contribution is -0.164. The van der Waals surface area contributed by atoms with Crippen LogP contribution in [0.15, 0.2) is 0 Å². The van der Waals surface area contributed by atoms with Crippen LogP contribution in [-0.4, -0.2) is 57.4 Å². The van der Waals surface area contributed by atoms with Crippen LogP contribution in [0.25, 0.3) is 0 Å². The summed E-state index contributed by atoms with van der Waals surface area (Å²) < 4.78 is 5.83. The summed E-state index contributed by atoms with van der Waals surface area (Å²) >= 11 is 1.50. The fourth-order valence-corrected chi connectivity index (χ4v) is 3.74. The van der Waals surface area contributed by atoms with Crippen molar-refractivity contribution < 1.29 is 24.5 Å². The molecule has 1 rings (SSSR count). The Morgan fingerprint density at radius 1 is 1.18 bits per heavy atom. The molecule has 1 aliphatic heterocycles. The van der Waals surface area contributed by atoms with Gasteiger partial charge in [0.05, 0.1) is 12.1 Å². The molecule has 0 aromatic carbocycles. The number of ketones is 1. The summed E-state index contributed by atoms with van der Waals surface area (Å²) in [5, 5.41) is 22.9. The average molecular weight is 333 g/mol. The maximum atomic E-state index is 11.3. The Bertz CT molecular complexity index is 379. The maximum absolute atomic E-state index is 11.3. The van der Waals surface area contributed by atoms with E-state index in [4.69, 9.17) is 4.74 Å². The number of ether oxygens (including phenoxy) is 1. The van der Waals surface area contributed by atoms with E-state index in [0.29, 0.717) is 12.8 Å². The molecular formula is C15H27NO5S. The van der Waals surface area contributed by atoms with Gasteiger partial charge in [-0.1, -0.05) is 6.92 Å². The minimum atomic E-state index is -1.04. The van der Waals surface area contributed by atoms with E-state index in [1.807, 2.05) is 6.92 Å². The molecule has 0 bridgehead atoms. The Morgan fingerprint density at radius 3 is 2.41 bits per heavy atom. The molecule has 0 saturated carbocycles. The summed E-state index contributed by atoms with van der Waals surface area (Å²) in [6, 6.07) is -0.631. The largest absolute Gasteiger partial charge is 0.388 e. The number of carbonyl (C=O) groups excluding carboxylic acids is 2. The molecule has 1 fully saturated rings. The normalized spacial score (nSPS) is 31.8. The molecule has 0 aliphatic carbocycles. The number of hydrogen-bond acceptors (Lipinski definition) is 6. The van der Waals surface area contributed by atoms with Gasteiger partial charge in [-0.15, -0.1) is 11.8 Å². The molecule has 1 aliphatic rings. The number of aliphatic hydroxyl groups is 2. The third-order valence-corrected chi connectivity index (χ3v) is 4.94. The number of carbonyl (C=O) groups is 2. The molecule has 0 aromatic heterocycles. The maximum Gasteiger partial charge on any atom is 0.217 e.